The van der Waals surface area contributed by atoms with E-state index in [-0.39, 0.29) is 5.91 Å². The standard InChI is InChI=1S/C24H29N2O/c1-2-3-4-8-17-13-14-19-22(15-17)26(16-18-9-5-6-10-18)21-12-7-11-20(23(19)21)24(25)27/h7,11-13,15,18H,2-6,8-10,16H2,1H3,(H2,25,27). The van der Waals surface area contributed by atoms with E-state index in [2.05, 4.69) is 35.8 Å². The number of amides is 1. The second-order valence-electron chi connectivity index (χ2n) is 8.05. The Labute approximate surface area is 161 Å². The Morgan fingerprint density at radius 1 is 1.22 bits per heavy atom. The summed E-state index contributed by atoms with van der Waals surface area (Å²) in [6, 6.07) is 13.8. The normalized spacial score (nSPS) is 15.1. The molecule has 0 atom stereocenters. The molecule has 141 valence electrons. The molecule has 0 spiro atoms. The van der Waals surface area contributed by atoms with E-state index in [9.17, 15) is 4.79 Å². The number of hydrogen-bond acceptors (Lipinski definition) is 1. The zero-order valence-corrected chi connectivity index (χ0v) is 16.3. The number of nitrogens with two attached hydrogens (primary N) is 1. The highest BCUT2D eigenvalue weighted by atomic mass is 16.1. The lowest BCUT2D eigenvalue weighted by molar-refractivity contribution is 0.100. The molecule has 1 heterocycles. The molecular weight excluding hydrogens is 332 g/mol. The molecule has 3 nitrogen and oxygen atoms in total. The van der Waals surface area contributed by atoms with Crippen LogP contribution in [-0.2, 0) is 13.0 Å². The lowest BCUT2D eigenvalue weighted by Gasteiger charge is -2.14. The van der Waals surface area contributed by atoms with Crippen LogP contribution >= 0.6 is 0 Å². The van der Waals surface area contributed by atoms with Gasteiger partial charge < -0.3 is 10.3 Å². The Balaban J connectivity index is 1.87. The van der Waals surface area contributed by atoms with Crippen LogP contribution < -0.4 is 5.73 Å². The zero-order valence-electron chi connectivity index (χ0n) is 16.3. The molecule has 0 unspecified atom stereocenters. The largest absolute Gasteiger partial charge is 0.366 e. The van der Waals surface area contributed by atoms with Gasteiger partial charge in [0.25, 0.3) is 0 Å². The molecule has 0 bridgehead atoms. The molecule has 2 N–H and O–H groups in total. The van der Waals surface area contributed by atoms with Crippen LogP contribution in [0.1, 0.15) is 67.8 Å². The molecule has 2 aromatic carbocycles. The Hall–Kier alpha value is -2.29. The van der Waals surface area contributed by atoms with Crippen molar-refractivity contribution in [2.45, 2.75) is 64.8 Å². The first kappa shape index (κ1) is 18.1. The molecule has 0 aliphatic heterocycles. The van der Waals surface area contributed by atoms with E-state index in [0.29, 0.717) is 5.56 Å². The molecule has 1 aromatic heterocycles. The first-order valence-electron chi connectivity index (χ1n) is 10.4. The fourth-order valence-electron chi connectivity index (χ4n) is 4.68. The molecule has 1 amide bonds. The summed E-state index contributed by atoms with van der Waals surface area (Å²) in [6.07, 6.45) is 10.1. The Morgan fingerprint density at radius 2 is 2.04 bits per heavy atom. The van der Waals surface area contributed by atoms with Gasteiger partial charge in [0.1, 0.15) is 0 Å². The summed E-state index contributed by atoms with van der Waals surface area (Å²) < 4.78 is 2.42. The molecule has 0 saturated heterocycles. The zero-order chi connectivity index (χ0) is 18.8. The van der Waals surface area contributed by atoms with Gasteiger partial charge in [-0.05, 0) is 61.4 Å². The van der Waals surface area contributed by atoms with Crippen molar-refractivity contribution < 1.29 is 4.79 Å². The van der Waals surface area contributed by atoms with Gasteiger partial charge in [0.2, 0.25) is 5.91 Å². The number of fused-ring (bicyclic) bond motifs is 3. The van der Waals surface area contributed by atoms with Gasteiger partial charge in [0, 0.05) is 28.4 Å². The van der Waals surface area contributed by atoms with E-state index < -0.39 is 0 Å². The minimum Gasteiger partial charge on any atom is -0.366 e. The van der Waals surface area contributed by atoms with Crippen LogP contribution in [0.15, 0.2) is 30.3 Å². The number of aromatic nitrogens is 1. The van der Waals surface area contributed by atoms with Crippen molar-refractivity contribution in [1.29, 1.82) is 0 Å². The van der Waals surface area contributed by atoms with Crippen molar-refractivity contribution in [3.05, 3.63) is 47.5 Å². The third-order valence-electron chi connectivity index (χ3n) is 6.10. The SMILES string of the molecule is CCCCCc1c[c]c2c3c(C(N)=O)cccc3n(CC3CCCC3)c2c1. The minimum atomic E-state index is -0.360. The monoisotopic (exact) mass is 361 g/mol. The summed E-state index contributed by atoms with van der Waals surface area (Å²) in [5.41, 5.74) is 9.97. The van der Waals surface area contributed by atoms with Gasteiger partial charge in [-0.2, -0.15) is 0 Å². The van der Waals surface area contributed by atoms with Crippen LogP contribution in [0.3, 0.4) is 0 Å². The third-order valence-corrected chi connectivity index (χ3v) is 6.10. The van der Waals surface area contributed by atoms with Crippen molar-refractivity contribution in [2.24, 2.45) is 11.7 Å². The summed E-state index contributed by atoms with van der Waals surface area (Å²) >= 11 is 0. The molecule has 4 rings (SSSR count). The van der Waals surface area contributed by atoms with E-state index in [1.165, 1.54) is 56.0 Å². The Morgan fingerprint density at radius 3 is 2.78 bits per heavy atom. The number of aryl methyl sites for hydroxylation is 1. The van der Waals surface area contributed by atoms with Crippen LogP contribution in [0.2, 0.25) is 0 Å². The summed E-state index contributed by atoms with van der Waals surface area (Å²) in [7, 11) is 0. The smallest absolute Gasteiger partial charge is 0.249 e. The number of carbonyl (C=O) groups is 1. The Kier molecular flexibility index (Phi) is 5.20. The molecule has 27 heavy (non-hydrogen) atoms. The number of primary amides is 1. The average Bonchev–Trinajstić information content (AvgIpc) is 3.29. The van der Waals surface area contributed by atoms with Gasteiger partial charge in [0.05, 0.1) is 5.52 Å². The van der Waals surface area contributed by atoms with Gasteiger partial charge in [-0.15, -0.1) is 0 Å². The lowest BCUT2D eigenvalue weighted by atomic mass is 10.0. The van der Waals surface area contributed by atoms with Crippen molar-refractivity contribution in [1.82, 2.24) is 4.57 Å². The second-order valence-corrected chi connectivity index (χ2v) is 8.05. The van der Waals surface area contributed by atoms with Crippen molar-refractivity contribution in [2.75, 3.05) is 0 Å². The molecule has 1 aliphatic carbocycles. The van der Waals surface area contributed by atoms with Gasteiger partial charge in [-0.25, -0.2) is 0 Å². The van der Waals surface area contributed by atoms with E-state index >= 15 is 0 Å². The molecule has 3 heteroatoms. The quantitative estimate of drug-likeness (QED) is 0.546. The maximum atomic E-state index is 12.1. The van der Waals surface area contributed by atoms with Crippen molar-refractivity contribution in [3.8, 4) is 0 Å². The molecule has 1 aliphatic rings. The van der Waals surface area contributed by atoms with Crippen molar-refractivity contribution in [3.63, 3.8) is 0 Å². The van der Waals surface area contributed by atoms with Gasteiger partial charge in [0.15, 0.2) is 0 Å². The van der Waals surface area contributed by atoms with Crippen LogP contribution in [-0.4, -0.2) is 10.5 Å². The van der Waals surface area contributed by atoms with Crippen molar-refractivity contribution >= 4 is 27.7 Å². The van der Waals surface area contributed by atoms with E-state index in [1.807, 2.05) is 12.1 Å². The summed E-state index contributed by atoms with van der Waals surface area (Å²) in [6.45, 7) is 3.26. The third kappa shape index (κ3) is 3.47. The second kappa shape index (κ2) is 7.75. The number of carbonyl (C=O) groups excluding carboxylic acids is 1. The average molecular weight is 362 g/mol. The van der Waals surface area contributed by atoms with Crippen LogP contribution in [0.5, 0.6) is 0 Å². The maximum Gasteiger partial charge on any atom is 0.249 e. The number of hydrogen-bond donors (Lipinski definition) is 1. The fraction of sp³-hybridized carbons (Fsp3) is 0.458. The number of benzene rings is 2. The van der Waals surface area contributed by atoms with Crippen LogP contribution in [0, 0.1) is 12.0 Å². The Bertz CT molecular complexity index is 963. The van der Waals surface area contributed by atoms with Gasteiger partial charge in [-0.3, -0.25) is 4.79 Å². The summed E-state index contributed by atoms with van der Waals surface area (Å²) in [5.74, 6) is 0.366. The highest BCUT2D eigenvalue weighted by Gasteiger charge is 2.21. The fourth-order valence-corrected chi connectivity index (χ4v) is 4.68. The molecule has 1 fully saturated rings. The predicted octanol–water partition coefficient (Wildman–Crippen LogP) is 5.62. The molecule has 1 radical (unpaired) electrons. The van der Waals surface area contributed by atoms with Crippen LogP contribution in [0.4, 0.5) is 0 Å². The number of unbranched alkanes of at least 4 members (excludes halogenated alkanes) is 2. The maximum absolute atomic E-state index is 12.1. The summed E-state index contributed by atoms with van der Waals surface area (Å²) in [4.78, 5) is 12.1. The molecular formula is C24H29N2O. The van der Waals surface area contributed by atoms with Gasteiger partial charge >= 0.3 is 0 Å². The molecule has 1 saturated carbocycles. The highest BCUT2D eigenvalue weighted by Crippen LogP contribution is 2.35. The van der Waals surface area contributed by atoms with E-state index in [4.69, 9.17) is 5.73 Å². The van der Waals surface area contributed by atoms with E-state index in [1.54, 1.807) is 0 Å². The van der Waals surface area contributed by atoms with E-state index in [0.717, 1.165) is 35.2 Å². The lowest BCUT2D eigenvalue weighted by Crippen LogP contribution is -2.11. The summed E-state index contributed by atoms with van der Waals surface area (Å²) in [5, 5.41) is 2.01. The number of rotatable bonds is 7. The predicted molar refractivity (Wildman–Crippen MR) is 112 cm³/mol. The first-order chi connectivity index (χ1) is 13.2. The van der Waals surface area contributed by atoms with Gasteiger partial charge in [-0.1, -0.05) is 44.7 Å². The minimum absolute atomic E-state index is 0.360. The highest BCUT2D eigenvalue weighted by molar-refractivity contribution is 6.17. The topological polar surface area (TPSA) is 48.0 Å². The number of nitrogens with zero attached hydrogens (tertiary/aromatic N) is 1. The first-order valence-corrected chi connectivity index (χ1v) is 10.4. The van der Waals surface area contributed by atoms with Crippen LogP contribution in [0.25, 0.3) is 21.8 Å². The molecule has 3 aromatic rings.